The van der Waals surface area contributed by atoms with Crippen LogP contribution in [0.15, 0.2) is 227 Å². The molecule has 0 saturated carbocycles. The summed E-state index contributed by atoms with van der Waals surface area (Å²) in [5.74, 6) is 0.856. The van der Waals surface area contributed by atoms with E-state index in [9.17, 15) is 13.2 Å². The average Bonchev–Trinajstić information content (AvgIpc) is 1.73. The number of H-pyrrole nitrogens is 1. The maximum Gasteiger partial charge on any atom is 0.470 e. The second-order valence-corrected chi connectivity index (χ2v) is 22.0. The number of hydrogen-bond donors (Lipinski definition) is 6. The van der Waals surface area contributed by atoms with E-state index in [2.05, 4.69) is 176 Å². The van der Waals surface area contributed by atoms with Gasteiger partial charge in [-0.05, 0) is 111 Å². The smallest absolute Gasteiger partial charge is 0.413 e. The van der Waals surface area contributed by atoms with Crippen LogP contribution in [0.5, 0.6) is 0 Å². The topological polar surface area (TPSA) is 320 Å². The fraction of sp³-hybridized carbons (Fsp3) is 0.194. The lowest BCUT2D eigenvalue weighted by molar-refractivity contribution is -0.156. The Labute approximate surface area is 600 Å². The second-order valence-electron chi connectivity index (χ2n) is 19.8. The molecule has 0 aliphatic heterocycles. The van der Waals surface area contributed by atoms with Crippen molar-refractivity contribution in [2.75, 3.05) is 21.3 Å². The van der Waals surface area contributed by atoms with Crippen LogP contribution in [-0.2, 0) is 6.18 Å². The Kier molecular flexibility index (Phi) is 34.3. The van der Waals surface area contributed by atoms with Crippen molar-refractivity contribution >= 4 is 91.2 Å². The molecule has 0 fully saturated rings. The van der Waals surface area contributed by atoms with Gasteiger partial charge < -0.3 is 31.4 Å². The van der Waals surface area contributed by atoms with Crippen LogP contribution < -0.4 is 27.0 Å². The molecule has 5 aromatic carbocycles. The molecule has 0 amide bonds. The molecule has 12 aromatic rings. The van der Waals surface area contributed by atoms with Crippen LogP contribution in [0.2, 0.25) is 5.28 Å². The van der Waals surface area contributed by atoms with Crippen molar-refractivity contribution in [3.05, 3.63) is 267 Å². The molecule has 7 heterocycles. The van der Waals surface area contributed by atoms with Crippen LogP contribution in [0.1, 0.15) is 120 Å². The number of nitrogens with one attached hydrogen (secondary N) is 5. The van der Waals surface area contributed by atoms with Crippen LogP contribution in [0.25, 0.3) is 22.8 Å². The number of aromatic amines is 1. The fourth-order valence-corrected chi connectivity index (χ4v) is 8.25. The standard InChI is InChI=1S/C15H12F3N5O.C13H13N7.C13H12N4.C12H12BrN3.C8H11N.C4H2BrClN2.2CH4.HI.H2/c1-9(10-5-3-2-4-6-10)21-14-19-7-11(8-20-14)12-22-23-13(24-12)15(16,17)18;1-9(10-5-3-2-4-6-10)16-13-14-7-11(8-15-13)12-17-19-20-18-12;1-10(12-5-3-2-4-6-12)17-13-15-8-11(7-14)9-16-13;1-9(10-5-3-2-4-6-10)16-12-14-7-11(13)8-15-12;1-7(9)8-5-3-2-4-6-8;5-3-1-7-4(6)8-2-3;;;;/h2-9H,1H3,(H,19,20,21);2-9H,1H3,(H,14,15,16)(H,17,18,19,20);2-6,8-10H,1H3,(H,15,16,17);2-9H,1H3,(H,14,15,16);2-7H,9H2,1H3;1-2H;2*1H4;2*1H. The summed E-state index contributed by atoms with van der Waals surface area (Å²) in [6, 6.07) is 52.7. The summed E-state index contributed by atoms with van der Waals surface area (Å²) in [5.41, 5.74) is 12.8. The lowest BCUT2D eigenvalue weighted by Crippen LogP contribution is -2.09. The van der Waals surface area contributed by atoms with Gasteiger partial charge in [-0.25, -0.2) is 49.8 Å². The third kappa shape index (κ3) is 27.8. The highest BCUT2D eigenvalue weighted by Crippen LogP contribution is 2.30. The zero-order chi connectivity index (χ0) is 67.1. The van der Waals surface area contributed by atoms with Gasteiger partial charge in [0, 0.05) is 57.0 Å². The molecular formula is C67H73Br2ClF3IN22O. The van der Waals surface area contributed by atoms with E-state index in [1.54, 1.807) is 37.2 Å². The number of benzene rings is 5. The molecule has 23 nitrogen and oxygen atoms in total. The first-order chi connectivity index (χ1) is 45.4. The summed E-state index contributed by atoms with van der Waals surface area (Å²) in [6.07, 6.45) is 10.9. The highest BCUT2D eigenvalue weighted by Gasteiger charge is 2.38. The van der Waals surface area contributed by atoms with E-state index < -0.39 is 12.1 Å². The number of anilines is 4. The quantitative estimate of drug-likeness (QED) is 0.0410. The zero-order valence-corrected chi connectivity index (χ0v) is 57.7. The molecular weight excluding hydrogens is 1510 g/mol. The Morgan fingerprint density at radius 3 is 1.09 bits per heavy atom. The third-order valence-corrected chi connectivity index (χ3v) is 13.7. The van der Waals surface area contributed by atoms with Gasteiger partial charge in [0.05, 0.1) is 62.2 Å². The summed E-state index contributed by atoms with van der Waals surface area (Å²) in [4.78, 5) is 40.5. The molecule has 30 heteroatoms. The SMILES string of the molecule is C.C.CC(N)c1ccccc1.CC(Nc1ncc(-c2nn[nH]n2)cn1)c1ccccc1.CC(Nc1ncc(-c2nnc(C(F)(F)F)o2)cn1)c1ccccc1.CC(Nc1ncc(Br)cn1)c1ccccc1.CC(Nc1ncc(C#N)cn1)c1ccccc1.Clc1ncc(Br)cn1.I.[HH]. The van der Waals surface area contributed by atoms with Gasteiger partial charge in [0.1, 0.15) is 6.07 Å². The minimum atomic E-state index is -4.68. The van der Waals surface area contributed by atoms with Gasteiger partial charge in [-0.2, -0.15) is 23.6 Å². The van der Waals surface area contributed by atoms with Crippen molar-refractivity contribution in [2.24, 2.45) is 5.73 Å². The number of nitrogens with two attached hydrogens (primary N) is 1. The van der Waals surface area contributed by atoms with Crippen LogP contribution in [0.3, 0.4) is 0 Å². The molecule has 0 radical (unpaired) electrons. The third-order valence-electron chi connectivity index (χ3n) is 12.7. The van der Waals surface area contributed by atoms with Gasteiger partial charge in [-0.15, -0.1) is 44.4 Å². The number of tetrazole rings is 1. The van der Waals surface area contributed by atoms with Crippen LogP contribution in [-0.4, -0.2) is 80.7 Å². The Morgan fingerprint density at radius 2 is 0.804 bits per heavy atom. The van der Waals surface area contributed by atoms with Gasteiger partial charge in [0.2, 0.25) is 34.9 Å². The molecule has 0 aliphatic carbocycles. The van der Waals surface area contributed by atoms with E-state index in [0.29, 0.717) is 35.2 Å². The molecule has 12 rings (SSSR count). The molecule has 7 N–H and O–H groups in total. The van der Waals surface area contributed by atoms with E-state index in [0.717, 1.165) is 20.1 Å². The second kappa shape index (κ2) is 41.8. The van der Waals surface area contributed by atoms with E-state index >= 15 is 0 Å². The molecule has 0 spiro atoms. The number of nitriles is 1. The first kappa shape index (κ1) is 79.6. The van der Waals surface area contributed by atoms with E-state index in [1.807, 2.05) is 154 Å². The number of rotatable bonds is 15. The Morgan fingerprint density at radius 1 is 0.485 bits per heavy atom. The number of nitrogens with zero attached hydrogens (tertiary/aromatic N) is 16. The predicted molar refractivity (Wildman–Crippen MR) is 391 cm³/mol. The number of alkyl halides is 3. The lowest BCUT2D eigenvalue weighted by atomic mass is 10.1. The van der Waals surface area contributed by atoms with Crippen LogP contribution in [0, 0.1) is 11.3 Å². The summed E-state index contributed by atoms with van der Waals surface area (Å²) in [5, 5.41) is 41.6. The molecule has 0 aliphatic rings. The minimum Gasteiger partial charge on any atom is -0.413 e. The van der Waals surface area contributed by atoms with Crippen molar-refractivity contribution in [2.45, 2.75) is 85.9 Å². The first-order valence-corrected chi connectivity index (χ1v) is 30.5. The molecule has 506 valence electrons. The normalized spacial score (nSPS) is 11.7. The largest absolute Gasteiger partial charge is 0.470 e. The minimum absolute atomic E-state index is 0. The van der Waals surface area contributed by atoms with Crippen molar-refractivity contribution in [3.63, 3.8) is 0 Å². The summed E-state index contributed by atoms with van der Waals surface area (Å²) in [6.45, 7) is 10.1. The van der Waals surface area contributed by atoms with Gasteiger partial charge in [-0.1, -0.05) is 167 Å². The molecule has 7 aromatic heterocycles. The van der Waals surface area contributed by atoms with E-state index in [1.165, 1.54) is 47.0 Å². The maximum atomic E-state index is 12.4. The van der Waals surface area contributed by atoms with Crippen LogP contribution >= 0.6 is 67.4 Å². The lowest BCUT2D eigenvalue weighted by Gasteiger charge is -2.13. The van der Waals surface area contributed by atoms with E-state index in [4.69, 9.17) is 22.6 Å². The van der Waals surface area contributed by atoms with Crippen molar-refractivity contribution in [1.82, 2.24) is 80.7 Å². The summed E-state index contributed by atoms with van der Waals surface area (Å²) >= 11 is 11.8. The fourth-order valence-electron chi connectivity index (χ4n) is 7.74. The Balaban J connectivity index is 0.000000313. The van der Waals surface area contributed by atoms with Gasteiger partial charge in [0.25, 0.3) is 5.89 Å². The Hall–Kier alpha value is -9.87. The molecule has 97 heavy (non-hydrogen) atoms. The van der Waals surface area contributed by atoms with E-state index in [-0.39, 0.29) is 87.2 Å². The van der Waals surface area contributed by atoms with Crippen LogP contribution in [0.4, 0.5) is 37.0 Å². The molecule has 0 bridgehead atoms. The van der Waals surface area contributed by atoms with Gasteiger partial charge >= 0.3 is 12.1 Å². The highest BCUT2D eigenvalue weighted by atomic mass is 127. The van der Waals surface area contributed by atoms with Crippen molar-refractivity contribution in [1.29, 1.82) is 5.26 Å². The van der Waals surface area contributed by atoms with Crippen molar-refractivity contribution < 1.29 is 19.0 Å². The molecule has 0 saturated heterocycles. The number of hydrogen-bond acceptors (Lipinski definition) is 22. The first-order valence-electron chi connectivity index (χ1n) is 28.6. The number of halogens is 7. The highest BCUT2D eigenvalue weighted by molar-refractivity contribution is 14.0. The average molecular weight is 1580 g/mol. The van der Waals surface area contributed by atoms with Crippen molar-refractivity contribution in [3.8, 4) is 28.9 Å². The number of aromatic nitrogens is 16. The predicted octanol–water partition coefficient (Wildman–Crippen LogP) is 17.2. The van der Waals surface area contributed by atoms with Gasteiger partial charge in [0.15, 0.2) is 0 Å². The Bertz CT molecular complexity index is 4080. The zero-order valence-electron chi connectivity index (χ0n) is 51.4. The summed E-state index contributed by atoms with van der Waals surface area (Å²) in [7, 11) is 0. The molecule has 5 unspecified atom stereocenters. The summed E-state index contributed by atoms with van der Waals surface area (Å²) < 4.78 is 43.6. The molecule has 5 atom stereocenters. The monoisotopic (exact) mass is 1580 g/mol. The van der Waals surface area contributed by atoms with Gasteiger partial charge in [-0.3, -0.25) is 0 Å². The maximum absolute atomic E-state index is 12.4.